The Morgan fingerprint density at radius 3 is 2.62 bits per heavy atom. The summed E-state index contributed by atoms with van der Waals surface area (Å²) in [5.74, 6) is 0.464. The number of hydrogen-bond donors (Lipinski definition) is 1. The van der Waals surface area contributed by atoms with Crippen LogP contribution < -0.4 is 5.32 Å². The highest BCUT2D eigenvalue weighted by Gasteiger charge is 2.53. The van der Waals surface area contributed by atoms with Gasteiger partial charge in [-0.25, -0.2) is 8.42 Å². The first-order valence-electron chi connectivity index (χ1n) is 12.4. The summed E-state index contributed by atoms with van der Waals surface area (Å²) in [4.78, 5) is 19.7. The van der Waals surface area contributed by atoms with Gasteiger partial charge in [0.25, 0.3) is 0 Å². The lowest BCUT2D eigenvalue weighted by Gasteiger charge is -2.41. The van der Waals surface area contributed by atoms with Crippen LogP contribution in [0.5, 0.6) is 0 Å². The second kappa shape index (κ2) is 8.36. The zero-order valence-electron chi connectivity index (χ0n) is 20.5. The third-order valence-corrected chi connectivity index (χ3v) is 10.4. The summed E-state index contributed by atoms with van der Waals surface area (Å²) < 4.78 is 23.9. The van der Waals surface area contributed by atoms with E-state index in [0.29, 0.717) is 6.42 Å². The van der Waals surface area contributed by atoms with E-state index in [0.717, 1.165) is 24.2 Å². The van der Waals surface area contributed by atoms with Gasteiger partial charge in [-0.3, -0.25) is 9.78 Å². The number of pyridine rings is 1. The van der Waals surface area contributed by atoms with E-state index in [2.05, 4.69) is 56.4 Å². The van der Waals surface area contributed by atoms with Crippen LogP contribution in [0.25, 0.3) is 0 Å². The maximum Gasteiger partial charge on any atom is 0.226 e. The number of carbonyl (C=O) groups is 1. The van der Waals surface area contributed by atoms with Gasteiger partial charge in [0.15, 0.2) is 9.84 Å². The highest BCUT2D eigenvalue weighted by atomic mass is 32.2. The highest BCUT2D eigenvalue weighted by Crippen LogP contribution is 2.48. The summed E-state index contributed by atoms with van der Waals surface area (Å²) >= 11 is 0. The van der Waals surface area contributed by atoms with Gasteiger partial charge in [0.2, 0.25) is 5.91 Å². The molecule has 0 bridgehead atoms. The Morgan fingerprint density at radius 1 is 1.21 bits per heavy atom. The molecule has 2 aromatic rings. The minimum atomic E-state index is -2.98. The summed E-state index contributed by atoms with van der Waals surface area (Å²) in [6.07, 6.45) is 4.31. The number of carbonyl (C=O) groups excluding carboxylic acids is 1. The zero-order chi connectivity index (χ0) is 24.3. The Balaban J connectivity index is 1.26. The molecule has 1 amide bonds. The van der Waals surface area contributed by atoms with Crippen LogP contribution >= 0.6 is 0 Å². The standard InChI is InChI=1S/C27H35N3O3S/c1-5-24(30(4)26(31)20-12-18-15-34(32,33)16-21(18)20)23-11-10-19(14-28-23)29-25-13-17-8-6-7-9-22(17)27(25,2)3/h6-11,14,18,20-21,24-25,29H,5,12-13,15-16H2,1-4H3/t18?,20?,21?,24-,25?/m1/s1. The Labute approximate surface area is 203 Å². The molecule has 6 nitrogen and oxygen atoms in total. The molecular weight excluding hydrogens is 446 g/mol. The van der Waals surface area contributed by atoms with Gasteiger partial charge in [-0.15, -0.1) is 0 Å². The molecule has 1 saturated carbocycles. The summed E-state index contributed by atoms with van der Waals surface area (Å²) in [6, 6.07) is 12.9. The minimum absolute atomic E-state index is 0.00381. The Bertz CT molecular complexity index is 1190. The normalized spacial score (nSPS) is 28.9. The number of sulfone groups is 1. The lowest BCUT2D eigenvalue weighted by atomic mass is 9.66. The fraction of sp³-hybridized carbons (Fsp3) is 0.556. The number of anilines is 1. The molecule has 2 aliphatic carbocycles. The van der Waals surface area contributed by atoms with Crippen molar-refractivity contribution in [2.75, 3.05) is 23.9 Å². The number of amides is 1. The fourth-order valence-corrected chi connectivity index (χ4v) is 8.69. The number of nitrogens with one attached hydrogen (secondary N) is 1. The SMILES string of the molecule is CC[C@H](c1ccc(NC2Cc3ccccc3C2(C)C)cn1)N(C)C(=O)C1CC2CS(=O)(=O)CC21. The van der Waals surface area contributed by atoms with Crippen LogP contribution in [0.2, 0.25) is 0 Å². The van der Waals surface area contributed by atoms with Crippen LogP contribution in [-0.4, -0.2) is 48.8 Å². The molecule has 182 valence electrons. The molecule has 3 aliphatic rings. The van der Waals surface area contributed by atoms with E-state index in [-0.39, 0.29) is 52.7 Å². The molecule has 2 heterocycles. The molecule has 1 aromatic carbocycles. The molecule has 4 unspecified atom stereocenters. The lowest BCUT2D eigenvalue weighted by molar-refractivity contribution is -0.144. The summed E-state index contributed by atoms with van der Waals surface area (Å²) in [7, 11) is -1.15. The predicted octanol–water partition coefficient (Wildman–Crippen LogP) is 3.99. The van der Waals surface area contributed by atoms with Crippen molar-refractivity contribution in [2.24, 2.45) is 17.8 Å². The molecule has 34 heavy (non-hydrogen) atoms. The largest absolute Gasteiger partial charge is 0.380 e. The van der Waals surface area contributed by atoms with E-state index in [1.807, 2.05) is 19.3 Å². The van der Waals surface area contributed by atoms with Gasteiger partial charge >= 0.3 is 0 Å². The first-order valence-corrected chi connectivity index (χ1v) is 14.2. The van der Waals surface area contributed by atoms with Crippen molar-refractivity contribution >= 4 is 21.4 Å². The first-order chi connectivity index (χ1) is 16.1. The lowest BCUT2D eigenvalue weighted by Crippen LogP contribution is -2.47. The van der Waals surface area contributed by atoms with E-state index < -0.39 is 9.84 Å². The van der Waals surface area contributed by atoms with Crippen molar-refractivity contribution in [3.63, 3.8) is 0 Å². The molecular formula is C27H35N3O3S. The molecule has 1 saturated heterocycles. The van der Waals surface area contributed by atoms with Crippen LogP contribution in [0.15, 0.2) is 42.6 Å². The maximum absolute atomic E-state index is 13.2. The van der Waals surface area contributed by atoms with E-state index in [9.17, 15) is 13.2 Å². The average molecular weight is 482 g/mol. The first kappa shape index (κ1) is 23.3. The number of aromatic nitrogens is 1. The van der Waals surface area contributed by atoms with Gasteiger partial charge < -0.3 is 10.2 Å². The maximum atomic E-state index is 13.2. The summed E-state index contributed by atoms with van der Waals surface area (Å²) in [5, 5.41) is 3.68. The Hall–Kier alpha value is -2.41. The van der Waals surface area contributed by atoms with Crippen molar-refractivity contribution in [1.29, 1.82) is 0 Å². The Morgan fingerprint density at radius 2 is 1.97 bits per heavy atom. The molecule has 0 radical (unpaired) electrons. The second-order valence-corrected chi connectivity index (χ2v) is 13.1. The Kier molecular flexibility index (Phi) is 5.74. The molecule has 0 spiro atoms. The highest BCUT2D eigenvalue weighted by molar-refractivity contribution is 7.91. The van der Waals surface area contributed by atoms with Gasteiger partial charge in [0.05, 0.1) is 35.1 Å². The van der Waals surface area contributed by atoms with Crippen molar-refractivity contribution in [3.8, 4) is 0 Å². The average Bonchev–Trinajstić information content (AvgIpc) is 3.19. The van der Waals surface area contributed by atoms with Gasteiger partial charge in [0.1, 0.15) is 0 Å². The van der Waals surface area contributed by atoms with E-state index in [1.54, 1.807) is 4.90 Å². The van der Waals surface area contributed by atoms with Crippen LogP contribution in [0, 0.1) is 17.8 Å². The quantitative estimate of drug-likeness (QED) is 0.675. The molecule has 5 rings (SSSR count). The van der Waals surface area contributed by atoms with E-state index >= 15 is 0 Å². The van der Waals surface area contributed by atoms with Crippen LogP contribution in [-0.2, 0) is 26.5 Å². The molecule has 1 N–H and O–H groups in total. The molecule has 5 atom stereocenters. The number of rotatable bonds is 6. The second-order valence-electron chi connectivity index (χ2n) is 11.0. The number of fused-ring (bicyclic) bond motifs is 2. The monoisotopic (exact) mass is 481 g/mol. The predicted molar refractivity (Wildman–Crippen MR) is 134 cm³/mol. The summed E-state index contributed by atoms with van der Waals surface area (Å²) in [5.41, 5.74) is 4.68. The van der Waals surface area contributed by atoms with Crippen molar-refractivity contribution in [2.45, 2.75) is 57.5 Å². The van der Waals surface area contributed by atoms with Crippen molar-refractivity contribution in [3.05, 3.63) is 59.4 Å². The molecule has 1 aromatic heterocycles. The van der Waals surface area contributed by atoms with Gasteiger partial charge in [0, 0.05) is 24.4 Å². The summed E-state index contributed by atoms with van der Waals surface area (Å²) in [6.45, 7) is 6.63. The topological polar surface area (TPSA) is 79.4 Å². The third-order valence-electron chi connectivity index (χ3n) is 8.59. The third kappa shape index (κ3) is 3.92. The van der Waals surface area contributed by atoms with E-state index in [1.165, 1.54) is 11.1 Å². The minimum Gasteiger partial charge on any atom is -0.380 e. The fourth-order valence-electron chi connectivity index (χ4n) is 6.43. The van der Waals surface area contributed by atoms with Gasteiger partial charge in [-0.1, -0.05) is 45.0 Å². The molecule has 7 heteroatoms. The van der Waals surface area contributed by atoms with Gasteiger partial charge in [-0.2, -0.15) is 0 Å². The van der Waals surface area contributed by atoms with Crippen molar-refractivity contribution in [1.82, 2.24) is 9.88 Å². The number of benzene rings is 1. The smallest absolute Gasteiger partial charge is 0.226 e. The number of nitrogens with zero attached hydrogens (tertiary/aromatic N) is 2. The van der Waals surface area contributed by atoms with Gasteiger partial charge in [-0.05, 0) is 54.4 Å². The molecule has 1 aliphatic heterocycles. The number of hydrogen-bond acceptors (Lipinski definition) is 5. The van der Waals surface area contributed by atoms with E-state index in [4.69, 9.17) is 4.98 Å². The van der Waals surface area contributed by atoms with Crippen LogP contribution in [0.3, 0.4) is 0 Å². The zero-order valence-corrected chi connectivity index (χ0v) is 21.3. The molecule has 2 fully saturated rings. The van der Waals surface area contributed by atoms with Crippen LogP contribution in [0.1, 0.15) is 56.5 Å². The van der Waals surface area contributed by atoms with Crippen LogP contribution in [0.4, 0.5) is 5.69 Å². The van der Waals surface area contributed by atoms with Crippen molar-refractivity contribution < 1.29 is 13.2 Å².